The van der Waals surface area contributed by atoms with Crippen molar-refractivity contribution in [3.63, 3.8) is 0 Å². The summed E-state index contributed by atoms with van der Waals surface area (Å²) in [6, 6.07) is -0.306. The topological polar surface area (TPSA) is 29.1 Å². The zero-order valence-electron chi connectivity index (χ0n) is 12.6. The Hall–Kier alpha value is -1.59. The number of halogens is 4. The van der Waals surface area contributed by atoms with Crippen LogP contribution in [0.1, 0.15) is 54.9 Å². The summed E-state index contributed by atoms with van der Waals surface area (Å²) in [6.07, 6.45) is 5.06. The molecule has 22 heavy (non-hydrogen) atoms. The molecule has 0 spiro atoms. The molecule has 1 N–H and O–H groups in total. The number of hydrogen-bond donors (Lipinski definition) is 1. The van der Waals surface area contributed by atoms with Crippen LogP contribution in [0, 0.1) is 36.1 Å². The third-order valence-corrected chi connectivity index (χ3v) is 4.43. The summed E-state index contributed by atoms with van der Waals surface area (Å²) in [7, 11) is 0. The monoisotopic (exact) mass is 317 g/mol. The molecule has 1 aliphatic rings. The first kappa shape index (κ1) is 16.8. The second-order valence-electron chi connectivity index (χ2n) is 5.92. The average molecular weight is 317 g/mol. The highest BCUT2D eigenvalue weighted by Gasteiger charge is 2.29. The van der Waals surface area contributed by atoms with Gasteiger partial charge in [-0.1, -0.05) is 19.3 Å². The molecule has 2 rings (SSSR count). The standard InChI is InChI=1S/C16H19F4NO/c1-8-12(17)14(19)11(15(20)13(8)18)16(22)21-9(2)10-6-4-3-5-7-10/h9-10H,3-7H2,1-2H3,(H,21,22)/t9-/m1/s1. The lowest BCUT2D eigenvalue weighted by Gasteiger charge is -2.28. The van der Waals surface area contributed by atoms with Crippen LogP contribution in [-0.4, -0.2) is 11.9 Å². The van der Waals surface area contributed by atoms with E-state index in [0.717, 1.165) is 39.0 Å². The van der Waals surface area contributed by atoms with Gasteiger partial charge in [0.25, 0.3) is 5.91 Å². The van der Waals surface area contributed by atoms with E-state index in [1.165, 1.54) is 0 Å². The molecule has 1 aliphatic carbocycles. The molecule has 1 saturated carbocycles. The Labute approximate surface area is 126 Å². The van der Waals surface area contributed by atoms with Crippen LogP contribution in [0.3, 0.4) is 0 Å². The zero-order valence-corrected chi connectivity index (χ0v) is 12.6. The smallest absolute Gasteiger partial charge is 0.257 e. The molecule has 122 valence electrons. The Morgan fingerprint density at radius 3 is 2.00 bits per heavy atom. The van der Waals surface area contributed by atoms with E-state index < -0.39 is 40.3 Å². The fourth-order valence-electron chi connectivity index (χ4n) is 2.97. The fourth-order valence-corrected chi connectivity index (χ4v) is 2.97. The number of hydrogen-bond acceptors (Lipinski definition) is 1. The molecule has 1 atom stereocenters. The Morgan fingerprint density at radius 1 is 1.00 bits per heavy atom. The van der Waals surface area contributed by atoms with Gasteiger partial charge in [0, 0.05) is 11.6 Å². The molecule has 0 aromatic heterocycles. The number of rotatable bonds is 3. The molecule has 0 bridgehead atoms. The second-order valence-corrected chi connectivity index (χ2v) is 5.92. The average Bonchev–Trinajstić information content (AvgIpc) is 2.52. The van der Waals surface area contributed by atoms with Crippen LogP contribution in [0.15, 0.2) is 0 Å². The van der Waals surface area contributed by atoms with E-state index in [2.05, 4.69) is 5.32 Å². The van der Waals surface area contributed by atoms with Crippen molar-refractivity contribution in [1.29, 1.82) is 0 Å². The van der Waals surface area contributed by atoms with E-state index in [-0.39, 0.29) is 12.0 Å². The van der Waals surface area contributed by atoms with Crippen molar-refractivity contribution < 1.29 is 22.4 Å². The van der Waals surface area contributed by atoms with Gasteiger partial charge in [0.15, 0.2) is 23.3 Å². The van der Waals surface area contributed by atoms with Gasteiger partial charge < -0.3 is 5.32 Å². The van der Waals surface area contributed by atoms with Gasteiger partial charge in [-0.2, -0.15) is 0 Å². The van der Waals surface area contributed by atoms with Gasteiger partial charge in [0.1, 0.15) is 5.56 Å². The maximum Gasteiger partial charge on any atom is 0.257 e. The van der Waals surface area contributed by atoms with Crippen LogP contribution in [0.5, 0.6) is 0 Å². The quantitative estimate of drug-likeness (QED) is 0.655. The van der Waals surface area contributed by atoms with Gasteiger partial charge in [0.05, 0.1) is 0 Å². The highest BCUT2D eigenvalue weighted by atomic mass is 19.2. The fraction of sp³-hybridized carbons (Fsp3) is 0.562. The molecule has 0 aliphatic heterocycles. The number of carbonyl (C=O) groups is 1. The molecule has 0 radical (unpaired) electrons. The van der Waals surface area contributed by atoms with Crippen molar-refractivity contribution in [3.8, 4) is 0 Å². The third kappa shape index (κ3) is 3.10. The number of amides is 1. The first-order valence-corrected chi connectivity index (χ1v) is 7.48. The second kappa shape index (κ2) is 6.67. The Kier molecular flexibility index (Phi) is 5.08. The Morgan fingerprint density at radius 2 is 1.50 bits per heavy atom. The summed E-state index contributed by atoms with van der Waals surface area (Å²) in [5.41, 5.74) is -1.96. The van der Waals surface area contributed by atoms with Crippen molar-refractivity contribution in [3.05, 3.63) is 34.4 Å². The first-order valence-electron chi connectivity index (χ1n) is 7.48. The van der Waals surface area contributed by atoms with E-state index in [0.29, 0.717) is 0 Å². The lowest BCUT2D eigenvalue weighted by molar-refractivity contribution is 0.0908. The van der Waals surface area contributed by atoms with E-state index in [9.17, 15) is 22.4 Å². The van der Waals surface area contributed by atoms with Gasteiger partial charge in [-0.05, 0) is 32.6 Å². The molecule has 0 saturated heterocycles. The minimum absolute atomic E-state index is 0.212. The maximum atomic E-state index is 13.8. The lowest BCUT2D eigenvalue weighted by Crippen LogP contribution is -2.40. The van der Waals surface area contributed by atoms with Crippen LogP contribution < -0.4 is 5.32 Å². The molecular formula is C16H19F4NO. The van der Waals surface area contributed by atoms with E-state index in [1.54, 1.807) is 6.92 Å². The molecule has 1 aromatic carbocycles. The van der Waals surface area contributed by atoms with Crippen LogP contribution in [-0.2, 0) is 0 Å². The molecule has 1 aromatic rings. The highest BCUT2D eigenvalue weighted by Crippen LogP contribution is 2.27. The van der Waals surface area contributed by atoms with Gasteiger partial charge in [-0.3, -0.25) is 4.79 Å². The molecule has 1 amide bonds. The van der Waals surface area contributed by atoms with Crippen molar-refractivity contribution in [1.82, 2.24) is 5.32 Å². The van der Waals surface area contributed by atoms with Crippen molar-refractivity contribution in [2.75, 3.05) is 0 Å². The largest absolute Gasteiger partial charge is 0.349 e. The van der Waals surface area contributed by atoms with Gasteiger partial charge >= 0.3 is 0 Å². The minimum Gasteiger partial charge on any atom is -0.349 e. The maximum absolute atomic E-state index is 13.8. The van der Waals surface area contributed by atoms with Crippen molar-refractivity contribution >= 4 is 5.91 Å². The summed E-state index contributed by atoms with van der Waals surface area (Å²) in [6.45, 7) is 2.66. The number of nitrogens with one attached hydrogen (secondary N) is 1. The van der Waals surface area contributed by atoms with Crippen LogP contribution >= 0.6 is 0 Å². The molecule has 0 heterocycles. The molecule has 6 heteroatoms. The van der Waals surface area contributed by atoms with Crippen LogP contribution in [0.25, 0.3) is 0 Å². The predicted molar refractivity (Wildman–Crippen MR) is 74.5 cm³/mol. The number of benzene rings is 1. The summed E-state index contributed by atoms with van der Waals surface area (Å²) in [4.78, 5) is 12.0. The summed E-state index contributed by atoms with van der Waals surface area (Å²) < 4.78 is 54.7. The van der Waals surface area contributed by atoms with Crippen molar-refractivity contribution in [2.24, 2.45) is 5.92 Å². The summed E-state index contributed by atoms with van der Waals surface area (Å²) >= 11 is 0. The zero-order chi connectivity index (χ0) is 16.4. The Bertz CT molecular complexity index is 553. The van der Waals surface area contributed by atoms with E-state index >= 15 is 0 Å². The molecule has 1 fully saturated rings. The molecular weight excluding hydrogens is 298 g/mol. The normalized spacial score (nSPS) is 17.4. The first-order chi connectivity index (χ1) is 10.3. The van der Waals surface area contributed by atoms with Gasteiger partial charge in [-0.15, -0.1) is 0 Å². The molecule has 0 unspecified atom stereocenters. The van der Waals surface area contributed by atoms with Gasteiger partial charge in [0.2, 0.25) is 0 Å². The van der Waals surface area contributed by atoms with Gasteiger partial charge in [-0.25, -0.2) is 17.6 Å². The minimum atomic E-state index is -1.65. The van der Waals surface area contributed by atoms with Crippen molar-refractivity contribution in [2.45, 2.75) is 52.0 Å². The Balaban J connectivity index is 2.22. The molecule has 2 nitrogen and oxygen atoms in total. The summed E-state index contributed by atoms with van der Waals surface area (Å²) in [5.74, 6) is -7.27. The van der Waals surface area contributed by atoms with E-state index in [4.69, 9.17) is 0 Å². The highest BCUT2D eigenvalue weighted by molar-refractivity contribution is 5.95. The van der Waals surface area contributed by atoms with Crippen LogP contribution in [0.4, 0.5) is 17.6 Å². The SMILES string of the molecule is Cc1c(F)c(F)c(C(=O)N[C@H](C)C2CCCCC2)c(F)c1F. The van der Waals surface area contributed by atoms with Crippen LogP contribution in [0.2, 0.25) is 0 Å². The van der Waals surface area contributed by atoms with E-state index in [1.807, 2.05) is 0 Å². The summed E-state index contributed by atoms with van der Waals surface area (Å²) in [5, 5.41) is 2.47. The predicted octanol–water partition coefficient (Wildman–Crippen LogP) is 4.25. The third-order valence-electron chi connectivity index (χ3n) is 4.43. The lowest BCUT2D eigenvalue weighted by atomic mass is 9.84. The number of carbonyl (C=O) groups excluding carboxylic acids is 1.